The van der Waals surface area contributed by atoms with E-state index in [1.54, 1.807) is 6.92 Å². The van der Waals surface area contributed by atoms with Gasteiger partial charge in [-0.15, -0.1) is 0 Å². The summed E-state index contributed by atoms with van der Waals surface area (Å²) in [4.78, 5) is 29.6. The van der Waals surface area contributed by atoms with Crippen molar-refractivity contribution in [2.75, 3.05) is 0 Å². The molecule has 0 atom stereocenters. The third-order valence-corrected chi connectivity index (χ3v) is 5.51. The molecule has 2 heterocycles. The van der Waals surface area contributed by atoms with Gasteiger partial charge < -0.3 is 0 Å². The van der Waals surface area contributed by atoms with Gasteiger partial charge in [-0.1, -0.05) is 12.1 Å². The predicted octanol–water partition coefficient (Wildman–Crippen LogP) is 4.89. The molecule has 0 N–H and O–H groups in total. The summed E-state index contributed by atoms with van der Waals surface area (Å²) in [6.45, 7) is 9.96. The molecular weight excluding hydrogens is 466 g/mol. The Labute approximate surface area is 195 Å². The van der Waals surface area contributed by atoms with E-state index in [1.807, 2.05) is 0 Å². The second-order valence-electron chi connectivity index (χ2n) is 7.55. The van der Waals surface area contributed by atoms with Crippen LogP contribution in [0.4, 0.5) is 23.2 Å². The van der Waals surface area contributed by atoms with Crippen LogP contribution in [-0.4, -0.2) is 18.9 Å². The zero-order valence-electron chi connectivity index (χ0n) is 18.5. The van der Waals surface area contributed by atoms with Crippen molar-refractivity contribution in [2.45, 2.75) is 26.6 Å². The summed E-state index contributed by atoms with van der Waals surface area (Å²) in [5.41, 5.74) is -2.36. The fraction of sp³-hybridized carbons (Fsp3) is 0.167. The highest BCUT2D eigenvalue weighted by Crippen LogP contribution is 2.31. The molecule has 0 aliphatic heterocycles. The highest BCUT2D eigenvalue weighted by molar-refractivity contribution is 5.65. The minimum Gasteiger partial charge on any atom is -0.268 e. The Morgan fingerprint density at radius 2 is 1.83 bits per heavy atom. The molecule has 35 heavy (non-hydrogen) atoms. The Kier molecular flexibility index (Phi) is 5.90. The molecule has 7 nitrogen and oxygen atoms in total. The van der Waals surface area contributed by atoms with E-state index in [-0.39, 0.29) is 40.6 Å². The molecule has 2 aromatic carbocycles. The lowest BCUT2D eigenvalue weighted by Gasteiger charge is -2.18. The molecule has 0 saturated heterocycles. The van der Waals surface area contributed by atoms with Crippen LogP contribution in [0, 0.1) is 19.3 Å². The van der Waals surface area contributed by atoms with E-state index in [1.165, 1.54) is 43.5 Å². The topological polar surface area (TPSA) is 66.2 Å². The minimum atomic E-state index is -4.64. The average molecular weight is 483 g/mol. The van der Waals surface area contributed by atoms with E-state index in [2.05, 4.69) is 9.94 Å². The van der Waals surface area contributed by atoms with Crippen molar-refractivity contribution in [3.05, 3.63) is 104 Å². The van der Waals surface area contributed by atoms with Crippen LogP contribution in [0.5, 0.6) is 0 Å². The van der Waals surface area contributed by atoms with Crippen LogP contribution >= 0.6 is 0 Å². The van der Waals surface area contributed by atoms with Crippen molar-refractivity contribution in [1.29, 1.82) is 0 Å². The zero-order valence-corrected chi connectivity index (χ0v) is 18.5. The Hall–Kier alpha value is -4.46. The van der Waals surface area contributed by atoms with E-state index in [4.69, 9.17) is 6.57 Å². The first-order valence-electron chi connectivity index (χ1n) is 10.3. The lowest BCUT2D eigenvalue weighted by atomic mass is 10.1. The summed E-state index contributed by atoms with van der Waals surface area (Å²) >= 11 is 0. The van der Waals surface area contributed by atoms with Gasteiger partial charge in [-0.05, 0) is 50.2 Å². The molecule has 0 spiro atoms. The SMILES string of the molecule is [C-]#[N+]c1ccc(-n2nccc2-c2c(C)n(-c3cccc(C(F)(F)F)c3)c(=O)n(CC)c2=O)c(F)c1. The third kappa shape index (κ3) is 4.03. The first-order chi connectivity index (χ1) is 16.6. The molecular formula is C24H17F4N5O2. The number of hydrogen-bond donors (Lipinski definition) is 0. The standard InChI is InChI=1S/C24H17F4N5O2/c1-4-31-22(34)21(20-10-11-30-33(20)19-9-8-16(29-3)13-18(19)25)14(2)32(23(31)35)17-7-5-6-15(12-17)24(26,27)28/h5-13H,4H2,1-2H3. The largest absolute Gasteiger partial charge is 0.416 e. The summed E-state index contributed by atoms with van der Waals surface area (Å²) in [6.07, 6.45) is -3.31. The number of hydrogen-bond acceptors (Lipinski definition) is 3. The van der Waals surface area contributed by atoms with Crippen molar-refractivity contribution >= 4 is 5.69 Å². The number of benzene rings is 2. The smallest absolute Gasteiger partial charge is 0.268 e. The molecule has 4 rings (SSSR count). The maximum Gasteiger partial charge on any atom is 0.416 e. The zero-order chi connectivity index (χ0) is 25.5. The molecule has 178 valence electrons. The van der Waals surface area contributed by atoms with Crippen molar-refractivity contribution in [3.8, 4) is 22.6 Å². The van der Waals surface area contributed by atoms with Gasteiger partial charge in [0.2, 0.25) is 0 Å². The van der Waals surface area contributed by atoms with Crippen LogP contribution < -0.4 is 11.2 Å². The van der Waals surface area contributed by atoms with Crippen LogP contribution in [0.2, 0.25) is 0 Å². The predicted molar refractivity (Wildman–Crippen MR) is 120 cm³/mol. The van der Waals surface area contributed by atoms with Gasteiger partial charge in [0.1, 0.15) is 5.82 Å². The second-order valence-corrected chi connectivity index (χ2v) is 7.55. The number of nitrogens with zero attached hydrogens (tertiary/aromatic N) is 5. The molecule has 0 radical (unpaired) electrons. The van der Waals surface area contributed by atoms with Crippen molar-refractivity contribution in [3.63, 3.8) is 0 Å². The van der Waals surface area contributed by atoms with Gasteiger partial charge in [0.15, 0.2) is 5.69 Å². The van der Waals surface area contributed by atoms with Crippen LogP contribution in [0.25, 0.3) is 27.5 Å². The van der Waals surface area contributed by atoms with Gasteiger partial charge in [-0.25, -0.2) is 18.7 Å². The molecule has 0 bridgehead atoms. The van der Waals surface area contributed by atoms with Gasteiger partial charge in [-0.3, -0.25) is 13.9 Å². The third-order valence-electron chi connectivity index (χ3n) is 5.51. The number of alkyl halides is 3. The lowest BCUT2D eigenvalue weighted by Crippen LogP contribution is -2.41. The highest BCUT2D eigenvalue weighted by Gasteiger charge is 2.31. The summed E-state index contributed by atoms with van der Waals surface area (Å²) in [5, 5.41) is 4.10. The minimum absolute atomic E-state index is 0.0324. The van der Waals surface area contributed by atoms with Crippen LogP contribution in [0.3, 0.4) is 0 Å². The van der Waals surface area contributed by atoms with E-state index >= 15 is 0 Å². The van der Waals surface area contributed by atoms with E-state index in [0.29, 0.717) is 0 Å². The second kappa shape index (κ2) is 8.72. The van der Waals surface area contributed by atoms with Crippen LogP contribution in [-0.2, 0) is 12.7 Å². The van der Waals surface area contributed by atoms with Gasteiger partial charge >= 0.3 is 11.9 Å². The molecule has 0 fully saturated rings. The molecule has 0 unspecified atom stereocenters. The first kappa shape index (κ1) is 23.7. The fourth-order valence-electron chi connectivity index (χ4n) is 3.87. The Balaban J connectivity index is 2.03. The first-order valence-corrected chi connectivity index (χ1v) is 10.3. The monoisotopic (exact) mass is 483 g/mol. The maximum atomic E-state index is 14.8. The number of halogens is 4. The van der Waals surface area contributed by atoms with E-state index in [9.17, 15) is 27.2 Å². The average Bonchev–Trinajstić information content (AvgIpc) is 3.28. The number of aromatic nitrogens is 4. The molecule has 4 aromatic rings. The van der Waals surface area contributed by atoms with E-state index < -0.39 is 28.8 Å². The van der Waals surface area contributed by atoms with Crippen molar-refractivity contribution in [1.82, 2.24) is 18.9 Å². The Bertz CT molecular complexity index is 1610. The fourth-order valence-corrected chi connectivity index (χ4v) is 3.87. The highest BCUT2D eigenvalue weighted by atomic mass is 19.4. The van der Waals surface area contributed by atoms with Crippen molar-refractivity contribution < 1.29 is 17.6 Å². The molecule has 0 aliphatic rings. The Morgan fingerprint density at radius 3 is 2.46 bits per heavy atom. The molecule has 0 amide bonds. The normalized spacial score (nSPS) is 11.5. The maximum absolute atomic E-state index is 14.8. The molecule has 2 aromatic heterocycles. The van der Waals surface area contributed by atoms with Gasteiger partial charge in [0.25, 0.3) is 5.56 Å². The number of rotatable bonds is 4. The van der Waals surface area contributed by atoms with Crippen molar-refractivity contribution in [2.24, 2.45) is 0 Å². The quantitative estimate of drug-likeness (QED) is 0.307. The van der Waals surface area contributed by atoms with Gasteiger partial charge in [-0.2, -0.15) is 18.3 Å². The van der Waals surface area contributed by atoms with Gasteiger partial charge in [0.05, 0.1) is 41.0 Å². The summed E-state index contributed by atoms with van der Waals surface area (Å²) in [7, 11) is 0. The van der Waals surface area contributed by atoms with Gasteiger partial charge in [0, 0.05) is 12.2 Å². The van der Waals surface area contributed by atoms with Crippen LogP contribution in [0.15, 0.2) is 64.3 Å². The summed E-state index contributed by atoms with van der Waals surface area (Å²) < 4.78 is 57.8. The lowest BCUT2D eigenvalue weighted by molar-refractivity contribution is -0.137. The van der Waals surface area contributed by atoms with E-state index in [0.717, 1.165) is 32.0 Å². The Morgan fingerprint density at radius 1 is 1.09 bits per heavy atom. The van der Waals surface area contributed by atoms with Crippen LogP contribution in [0.1, 0.15) is 18.2 Å². The summed E-state index contributed by atoms with van der Waals surface area (Å²) in [6, 6.07) is 9.38. The molecule has 0 saturated carbocycles. The molecule has 11 heteroatoms. The molecule has 0 aliphatic carbocycles. The summed E-state index contributed by atoms with van der Waals surface area (Å²) in [5.74, 6) is -0.761.